The molecule has 0 saturated heterocycles. The largest absolute Gasteiger partial charge is 0.263 e. The fourth-order valence-corrected chi connectivity index (χ4v) is 3.55. The first-order valence-corrected chi connectivity index (χ1v) is 7.42. The van der Waals surface area contributed by atoms with Gasteiger partial charge in [-0.2, -0.15) is 9.98 Å². The van der Waals surface area contributed by atoms with Crippen LogP contribution in [0.5, 0.6) is 0 Å². The fourth-order valence-electron chi connectivity index (χ4n) is 2.21. The molecule has 1 saturated carbocycles. The summed E-state index contributed by atoms with van der Waals surface area (Å²) in [4.78, 5) is 3.89. The van der Waals surface area contributed by atoms with E-state index in [2.05, 4.69) is 15.8 Å². The van der Waals surface area contributed by atoms with E-state index in [1.165, 1.54) is 18.5 Å². The number of nitrogens with zero attached hydrogens (tertiary/aromatic N) is 2. The monoisotopic (exact) mass is 265 g/mol. The number of hydrogen-bond donors (Lipinski definition) is 1. The summed E-state index contributed by atoms with van der Waals surface area (Å²) in [7, 11) is -3.67. The quantitative estimate of drug-likeness (QED) is 0.899. The third-order valence-electron chi connectivity index (χ3n) is 3.20. The summed E-state index contributed by atoms with van der Waals surface area (Å²) in [6, 6.07) is 5.17. The summed E-state index contributed by atoms with van der Waals surface area (Å²) >= 11 is 0. The summed E-state index contributed by atoms with van der Waals surface area (Å²) in [5.74, 6) is 0. The van der Waals surface area contributed by atoms with Crippen molar-refractivity contribution in [1.82, 2.24) is 9.71 Å². The first-order chi connectivity index (χ1) is 8.58. The Labute approximate surface area is 107 Å². The molecular weight excluding hydrogens is 250 g/mol. The Morgan fingerprint density at radius 2 is 2.06 bits per heavy atom. The molecule has 1 heterocycles. The van der Waals surface area contributed by atoms with Crippen LogP contribution in [0.4, 0.5) is 0 Å². The second-order valence-corrected chi connectivity index (χ2v) is 6.23. The van der Waals surface area contributed by atoms with Crippen molar-refractivity contribution in [2.24, 2.45) is 0 Å². The topological polar surface area (TPSA) is 82.9 Å². The molecule has 1 aromatic heterocycles. The molecule has 5 nitrogen and oxygen atoms in total. The summed E-state index contributed by atoms with van der Waals surface area (Å²) in [6.07, 6.45) is 6.76. The van der Waals surface area contributed by atoms with Crippen LogP contribution in [0.25, 0.3) is 0 Å². The van der Waals surface area contributed by atoms with Crippen molar-refractivity contribution in [3.8, 4) is 6.07 Å². The van der Waals surface area contributed by atoms with Crippen LogP contribution in [0, 0.1) is 11.3 Å². The van der Waals surface area contributed by atoms with Gasteiger partial charge in [-0.3, -0.25) is 4.98 Å². The van der Waals surface area contributed by atoms with E-state index >= 15 is 0 Å². The van der Waals surface area contributed by atoms with Gasteiger partial charge in [0.05, 0.1) is 6.07 Å². The standard InChI is InChI=1S/C12H15N3O2S/c13-10-12(6-2-1-3-7-12)15-18(16,17)11-5-4-8-14-9-11/h4-5,8-9,15H,1-3,6-7H2. The maximum Gasteiger partial charge on any atom is 0.243 e. The third kappa shape index (κ3) is 2.68. The minimum absolute atomic E-state index is 0.102. The Bertz CT molecular complexity index is 542. The van der Waals surface area contributed by atoms with Gasteiger partial charge in [0.1, 0.15) is 10.4 Å². The van der Waals surface area contributed by atoms with Crippen LogP contribution in [-0.2, 0) is 10.0 Å². The molecule has 0 spiro atoms. The normalized spacial score (nSPS) is 19.1. The van der Waals surface area contributed by atoms with Crippen LogP contribution >= 0.6 is 0 Å². The van der Waals surface area contributed by atoms with Gasteiger partial charge >= 0.3 is 0 Å². The molecule has 96 valence electrons. The van der Waals surface area contributed by atoms with Gasteiger partial charge in [-0.15, -0.1) is 0 Å². The lowest BCUT2D eigenvalue weighted by Gasteiger charge is -2.31. The van der Waals surface area contributed by atoms with Gasteiger partial charge in [-0.1, -0.05) is 19.3 Å². The van der Waals surface area contributed by atoms with Crippen molar-refractivity contribution in [2.45, 2.75) is 42.5 Å². The molecule has 0 atom stereocenters. The number of nitriles is 1. The molecule has 1 N–H and O–H groups in total. The first-order valence-electron chi connectivity index (χ1n) is 5.93. The number of sulfonamides is 1. The lowest BCUT2D eigenvalue weighted by Crippen LogP contribution is -2.48. The van der Waals surface area contributed by atoms with Crippen LogP contribution < -0.4 is 4.72 Å². The SMILES string of the molecule is N#CC1(NS(=O)(=O)c2cccnc2)CCCCC1. The highest BCUT2D eigenvalue weighted by Gasteiger charge is 2.36. The van der Waals surface area contributed by atoms with Crippen molar-refractivity contribution in [2.75, 3.05) is 0 Å². The van der Waals surface area contributed by atoms with Gasteiger partial charge in [-0.05, 0) is 25.0 Å². The Morgan fingerprint density at radius 3 is 2.61 bits per heavy atom. The fraction of sp³-hybridized carbons (Fsp3) is 0.500. The number of rotatable bonds is 3. The molecule has 0 aliphatic heterocycles. The van der Waals surface area contributed by atoms with Gasteiger partial charge in [-0.25, -0.2) is 8.42 Å². The summed E-state index contributed by atoms with van der Waals surface area (Å²) < 4.78 is 26.9. The van der Waals surface area contributed by atoms with Gasteiger partial charge in [0.2, 0.25) is 10.0 Å². The lowest BCUT2D eigenvalue weighted by atomic mass is 9.84. The highest BCUT2D eigenvalue weighted by atomic mass is 32.2. The van der Waals surface area contributed by atoms with E-state index in [1.807, 2.05) is 0 Å². The van der Waals surface area contributed by atoms with E-state index < -0.39 is 15.6 Å². The predicted molar refractivity (Wildman–Crippen MR) is 66.0 cm³/mol. The molecule has 0 unspecified atom stereocenters. The van der Waals surface area contributed by atoms with Gasteiger partial charge < -0.3 is 0 Å². The predicted octanol–water partition coefficient (Wildman–Crippen LogP) is 1.59. The average Bonchev–Trinajstić information content (AvgIpc) is 2.40. The van der Waals surface area contributed by atoms with E-state index in [-0.39, 0.29) is 4.90 Å². The molecule has 0 aromatic carbocycles. The maximum atomic E-state index is 12.2. The van der Waals surface area contributed by atoms with Crippen LogP contribution in [-0.4, -0.2) is 18.9 Å². The Morgan fingerprint density at radius 1 is 1.33 bits per heavy atom. The number of aromatic nitrogens is 1. The summed E-state index contributed by atoms with van der Waals surface area (Å²) in [5, 5.41) is 9.26. The second-order valence-electron chi connectivity index (χ2n) is 4.55. The molecule has 1 aliphatic rings. The van der Waals surface area contributed by atoms with E-state index in [1.54, 1.807) is 6.07 Å². The zero-order chi connectivity index (χ0) is 13.1. The van der Waals surface area contributed by atoms with E-state index in [0.717, 1.165) is 19.3 Å². The number of pyridine rings is 1. The highest BCUT2D eigenvalue weighted by molar-refractivity contribution is 7.89. The molecule has 2 rings (SSSR count). The Kier molecular flexibility index (Phi) is 3.64. The third-order valence-corrected chi connectivity index (χ3v) is 4.72. The van der Waals surface area contributed by atoms with Crippen molar-refractivity contribution >= 4 is 10.0 Å². The van der Waals surface area contributed by atoms with Crippen molar-refractivity contribution in [1.29, 1.82) is 5.26 Å². The zero-order valence-corrected chi connectivity index (χ0v) is 10.8. The highest BCUT2D eigenvalue weighted by Crippen LogP contribution is 2.29. The van der Waals surface area contributed by atoms with Crippen molar-refractivity contribution in [3.63, 3.8) is 0 Å². The summed E-state index contributed by atoms with van der Waals surface area (Å²) in [5.41, 5.74) is -0.951. The first kappa shape index (κ1) is 13.0. The Hall–Kier alpha value is -1.45. The summed E-state index contributed by atoms with van der Waals surface area (Å²) in [6.45, 7) is 0. The van der Waals surface area contributed by atoms with E-state index in [4.69, 9.17) is 0 Å². The van der Waals surface area contributed by atoms with Crippen LogP contribution in [0.2, 0.25) is 0 Å². The molecule has 1 aromatic rings. The second kappa shape index (κ2) is 5.04. The number of hydrogen-bond acceptors (Lipinski definition) is 4. The molecule has 0 bridgehead atoms. The van der Waals surface area contributed by atoms with E-state index in [0.29, 0.717) is 12.8 Å². The lowest BCUT2D eigenvalue weighted by molar-refractivity contribution is 0.338. The molecule has 1 aliphatic carbocycles. The maximum absolute atomic E-state index is 12.2. The van der Waals surface area contributed by atoms with Crippen molar-refractivity contribution in [3.05, 3.63) is 24.5 Å². The molecular formula is C12H15N3O2S. The van der Waals surface area contributed by atoms with Gasteiger partial charge in [0.15, 0.2) is 0 Å². The molecule has 0 radical (unpaired) electrons. The Balaban J connectivity index is 2.25. The number of nitrogens with one attached hydrogen (secondary N) is 1. The average molecular weight is 265 g/mol. The van der Waals surface area contributed by atoms with Gasteiger partial charge in [0.25, 0.3) is 0 Å². The molecule has 18 heavy (non-hydrogen) atoms. The molecule has 6 heteroatoms. The van der Waals surface area contributed by atoms with Crippen LogP contribution in [0.1, 0.15) is 32.1 Å². The minimum Gasteiger partial charge on any atom is -0.263 e. The van der Waals surface area contributed by atoms with Crippen LogP contribution in [0.15, 0.2) is 29.4 Å². The minimum atomic E-state index is -3.67. The zero-order valence-electron chi connectivity index (χ0n) is 9.96. The van der Waals surface area contributed by atoms with Crippen molar-refractivity contribution < 1.29 is 8.42 Å². The van der Waals surface area contributed by atoms with Crippen LogP contribution in [0.3, 0.4) is 0 Å². The molecule has 0 amide bonds. The smallest absolute Gasteiger partial charge is 0.243 e. The van der Waals surface area contributed by atoms with E-state index in [9.17, 15) is 13.7 Å². The van der Waals surface area contributed by atoms with Gasteiger partial charge in [0, 0.05) is 12.4 Å². The molecule has 1 fully saturated rings.